The Morgan fingerprint density at radius 2 is 1.68 bits per heavy atom. The first-order valence-corrected chi connectivity index (χ1v) is 6.98. The van der Waals surface area contributed by atoms with E-state index in [4.69, 9.17) is 0 Å². The molecule has 114 valence electrons. The minimum absolute atomic E-state index is 0.0678. The lowest BCUT2D eigenvalue weighted by Gasteiger charge is -2.28. The maximum Gasteiger partial charge on any atom is 0.416 e. The van der Waals surface area contributed by atoms with Crippen molar-refractivity contribution in [3.8, 4) is 0 Å². The molecule has 5 heteroatoms. The molecule has 22 heavy (non-hydrogen) atoms. The Bertz CT molecular complexity index is 692. The van der Waals surface area contributed by atoms with Crippen LogP contribution in [0.2, 0.25) is 0 Å². The average molecular weight is 305 g/mol. The molecule has 0 atom stereocenters. The summed E-state index contributed by atoms with van der Waals surface area (Å²) >= 11 is 0. The normalized spacial score (nSPS) is 14.9. The second kappa shape index (κ2) is 5.48. The Morgan fingerprint density at radius 1 is 1.00 bits per heavy atom. The molecule has 2 nitrogen and oxygen atoms in total. The Labute approximate surface area is 126 Å². The molecule has 2 aromatic carbocycles. The molecule has 3 rings (SSSR count). The van der Waals surface area contributed by atoms with Crippen molar-refractivity contribution >= 4 is 5.91 Å². The van der Waals surface area contributed by atoms with Gasteiger partial charge in [-0.05, 0) is 35.7 Å². The van der Waals surface area contributed by atoms with Crippen molar-refractivity contribution in [2.75, 3.05) is 6.54 Å². The number of alkyl halides is 3. The molecule has 1 amide bonds. The van der Waals surface area contributed by atoms with E-state index in [2.05, 4.69) is 0 Å². The maximum atomic E-state index is 12.5. The number of halogens is 3. The van der Waals surface area contributed by atoms with E-state index in [1.54, 1.807) is 11.0 Å². The molecule has 0 saturated heterocycles. The van der Waals surface area contributed by atoms with Crippen LogP contribution in [0, 0.1) is 0 Å². The Hall–Kier alpha value is -2.30. The highest BCUT2D eigenvalue weighted by atomic mass is 19.4. The quantitative estimate of drug-likeness (QED) is 0.824. The number of nitrogens with zero attached hydrogens (tertiary/aromatic N) is 1. The predicted octanol–water partition coefficient (Wildman–Crippen LogP) is 3.90. The third-order valence-electron chi connectivity index (χ3n) is 3.84. The van der Waals surface area contributed by atoms with Crippen molar-refractivity contribution in [1.82, 2.24) is 4.90 Å². The highest BCUT2D eigenvalue weighted by Gasteiger charge is 2.30. The van der Waals surface area contributed by atoms with E-state index in [0.717, 1.165) is 24.1 Å². The van der Waals surface area contributed by atoms with E-state index in [1.807, 2.05) is 18.2 Å². The summed E-state index contributed by atoms with van der Waals surface area (Å²) in [5, 5.41) is 0. The Balaban J connectivity index is 1.76. The Morgan fingerprint density at radius 3 is 2.36 bits per heavy atom. The number of fused-ring (bicyclic) bond motifs is 1. The van der Waals surface area contributed by atoms with Gasteiger partial charge in [0.05, 0.1) is 5.56 Å². The van der Waals surface area contributed by atoms with Gasteiger partial charge in [0, 0.05) is 18.7 Å². The zero-order valence-electron chi connectivity index (χ0n) is 11.7. The lowest BCUT2D eigenvalue weighted by molar-refractivity contribution is -0.137. The summed E-state index contributed by atoms with van der Waals surface area (Å²) in [4.78, 5) is 14.1. The van der Waals surface area contributed by atoms with Gasteiger partial charge >= 0.3 is 6.18 Å². The summed E-state index contributed by atoms with van der Waals surface area (Å²) in [6.07, 6.45) is -3.57. The van der Waals surface area contributed by atoms with Crippen LogP contribution in [-0.4, -0.2) is 17.4 Å². The van der Waals surface area contributed by atoms with E-state index in [1.165, 1.54) is 12.1 Å². The fourth-order valence-electron chi connectivity index (χ4n) is 2.64. The molecule has 0 spiro atoms. The summed E-state index contributed by atoms with van der Waals surface area (Å²) in [7, 11) is 0. The minimum Gasteiger partial charge on any atom is -0.334 e. The van der Waals surface area contributed by atoms with Gasteiger partial charge in [0.2, 0.25) is 0 Å². The van der Waals surface area contributed by atoms with Gasteiger partial charge in [-0.2, -0.15) is 13.2 Å². The van der Waals surface area contributed by atoms with Crippen LogP contribution in [0.4, 0.5) is 13.2 Å². The second-order valence-electron chi connectivity index (χ2n) is 5.33. The summed E-state index contributed by atoms with van der Waals surface area (Å²) < 4.78 is 37.6. The molecule has 0 bridgehead atoms. The van der Waals surface area contributed by atoms with Crippen molar-refractivity contribution < 1.29 is 18.0 Å². The van der Waals surface area contributed by atoms with Crippen LogP contribution in [0.15, 0.2) is 48.5 Å². The van der Waals surface area contributed by atoms with Crippen LogP contribution < -0.4 is 0 Å². The molecule has 1 aliphatic rings. The standard InChI is InChI=1S/C17H14F3NO/c18-17(19,20)14-7-5-12(6-8-14)11-21-10-9-13-3-1-2-4-15(13)16(21)22/h1-8H,9-11H2. The average Bonchev–Trinajstić information content (AvgIpc) is 2.50. The fraction of sp³-hybridized carbons (Fsp3) is 0.235. The van der Waals surface area contributed by atoms with Crippen molar-refractivity contribution in [1.29, 1.82) is 0 Å². The monoisotopic (exact) mass is 305 g/mol. The van der Waals surface area contributed by atoms with Gasteiger partial charge < -0.3 is 4.90 Å². The van der Waals surface area contributed by atoms with E-state index < -0.39 is 11.7 Å². The number of carbonyl (C=O) groups is 1. The molecular formula is C17H14F3NO. The third kappa shape index (κ3) is 2.84. The number of rotatable bonds is 2. The SMILES string of the molecule is O=C1c2ccccc2CCN1Cc1ccc(C(F)(F)F)cc1. The number of carbonyl (C=O) groups excluding carboxylic acids is 1. The number of benzene rings is 2. The van der Waals surface area contributed by atoms with Crippen molar-refractivity contribution in [3.05, 3.63) is 70.8 Å². The van der Waals surface area contributed by atoms with Gasteiger partial charge in [-0.3, -0.25) is 4.79 Å². The molecule has 1 aliphatic heterocycles. The molecule has 0 saturated carbocycles. The first-order chi connectivity index (χ1) is 10.4. The molecule has 0 aromatic heterocycles. The molecule has 0 aliphatic carbocycles. The topological polar surface area (TPSA) is 20.3 Å². The zero-order valence-corrected chi connectivity index (χ0v) is 11.7. The largest absolute Gasteiger partial charge is 0.416 e. The first-order valence-electron chi connectivity index (χ1n) is 6.98. The van der Waals surface area contributed by atoms with Gasteiger partial charge in [-0.15, -0.1) is 0 Å². The lowest BCUT2D eigenvalue weighted by Crippen LogP contribution is -2.36. The van der Waals surface area contributed by atoms with Crippen molar-refractivity contribution in [3.63, 3.8) is 0 Å². The zero-order chi connectivity index (χ0) is 15.7. The van der Waals surface area contributed by atoms with Gasteiger partial charge in [-0.1, -0.05) is 30.3 Å². The molecule has 0 N–H and O–H groups in total. The first kappa shape index (κ1) is 14.6. The van der Waals surface area contributed by atoms with Gasteiger partial charge in [0.1, 0.15) is 0 Å². The van der Waals surface area contributed by atoms with E-state index in [0.29, 0.717) is 24.2 Å². The highest BCUT2D eigenvalue weighted by Crippen LogP contribution is 2.29. The lowest BCUT2D eigenvalue weighted by atomic mass is 9.98. The molecule has 0 fully saturated rings. The maximum absolute atomic E-state index is 12.5. The number of amides is 1. The second-order valence-corrected chi connectivity index (χ2v) is 5.33. The van der Waals surface area contributed by atoms with Crippen LogP contribution in [-0.2, 0) is 19.1 Å². The molecular weight excluding hydrogens is 291 g/mol. The molecule has 2 aromatic rings. The van der Waals surface area contributed by atoms with Gasteiger partial charge in [-0.25, -0.2) is 0 Å². The van der Waals surface area contributed by atoms with Crippen LogP contribution >= 0.6 is 0 Å². The fourth-order valence-corrected chi connectivity index (χ4v) is 2.64. The minimum atomic E-state index is -4.33. The van der Waals surface area contributed by atoms with E-state index in [9.17, 15) is 18.0 Å². The summed E-state index contributed by atoms with van der Waals surface area (Å²) in [6, 6.07) is 12.4. The molecule has 1 heterocycles. The summed E-state index contributed by atoms with van der Waals surface area (Å²) in [6.45, 7) is 0.905. The summed E-state index contributed by atoms with van der Waals surface area (Å²) in [5.74, 6) is -0.0678. The summed E-state index contributed by atoms with van der Waals surface area (Å²) in [5.41, 5.74) is 1.73. The number of hydrogen-bond acceptors (Lipinski definition) is 1. The molecule has 0 unspecified atom stereocenters. The van der Waals surface area contributed by atoms with Crippen LogP contribution in [0.3, 0.4) is 0 Å². The van der Waals surface area contributed by atoms with Gasteiger partial charge in [0.25, 0.3) is 5.91 Å². The van der Waals surface area contributed by atoms with Crippen molar-refractivity contribution in [2.45, 2.75) is 19.1 Å². The Kier molecular flexibility index (Phi) is 3.64. The van der Waals surface area contributed by atoms with Crippen LogP contribution in [0.1, 0.15) is 27.0 Å². The van der Waals surface area contributed by atoms with Crippen molar-refractivity contribution in [2.24, 2.45) is 0 Å². The van der Waals surface area contributed by atoms with Crippen LogP contribution in [0.5, 0.6) is 0 Å². The third-order valence-corrected chi connectivity index (χ3v) is 3.84. The smallest absolute Gasteiger partial charge is 0.334 e. The van der Waals surface area contributed by atoms with E-state index in [-0.39, 0.29) is 5.91 Å². The van der Waals surface area contributed by atoms with Gasteiger partial charge in [0.15, 0.2) is 0 Å². The highest BCUT2D eigenvalue weighted by molar-refractivity contribution is 5.96. The van der Waals surface area contributed by atoms with Crippen LogP contribution in [0.25, 0.3) is 0 Å². The molecule has 0 radical (unpaired) electrons. The van der Waals surface area contributed by atoms with E-state index >= 15 is 0 Å². The number of hydrogen-bond donors (Lipinski definition) is 0. The predicted molar refractivity (Wildman–Crippen MR) is 76.3 cm³/mol.